The van der Waals surface area contributed by atoms with Crippen molar-refractivity contribution in [3.8, 4) is 0 Å². The Morgan fingerprint density at radius 2 is 1.74 bits per heavy atom. The molecule has 0 bridgehead atoms. The Hall–Kier alpha value is -2.47. The lowest BCUT2D eigenvalue weighted by atomic mass is 10.0. The molecule has 0 aromatic heterocycles. The number of carbonyl (C=O) groups is 2. The Kier molecular flexibility index (Phi) is 9.28. The first kappa shape index (κ1) is 27.1. The third-order valence-electron chi connectivity index (χ3n) is 6.76. The van der Waals surface area contributed by atoms with Gasteiger partial charge in [0.05, 0.1) is 0 Å². The van der Waals surface area contributed by atoms with Crippen molar-refractivity contribution >= 4 is 29.4 Å². The van der Waals surface area contributed by atoms with Gasteiger partial charge in [-0.2, -0.15) is 0 Å². The molecule has 0 spiro atoms. The van der Waals surface area contributed by atoms with Crippen molar-refractivity contribution in [3.63, 3.8) is 0 Å². The van der Waals surface area contributed by atoms with Crippen molar-refractivity contribution in [3.05, 3.63) is 59.2 Å². The van der Waals surface area contributed by atoms with Crippen LogP contribution in [0.5, 0.6) is 0 Å². The van der Waals surface area contributed by atoms with E-state index in [-0.39, 0.29) is 12.1 Å². The highest BCUT2D eigenvalue weighted by atomic mass is 32.2. The number of amides is 2. The zero-order valence-electron chi connectivity index (χ0n) is 21.8. The van der Waals surface area contributed by atoms with Gasteiger partial charge in [0, 0.05) is 23.2 Å². The highest BCUT2D eigenvalue weighted by Crippen LogP contribution is 2.36. The number of carbonyl (C=O) groups excluding carboxylic acids is 1. The number of fused-ring (bicyclic) bond motifs is 1. The van der Waals surface area contributed by atoms with E-state index in [2.05, 4.69) is 50.4 Å². The Bertz CT molecular complexity index is 1020. The van der Waals surface area contributed by atoms with Crippen LogP contribution in [0, 0.1) is 0 Å². The van der Waals surface area contributed by atoms with Crippen molar-refractivity contribution in [1.82, 2.24) is 4.90 Å². The number of urea groups is 1. The van der Waals surface area contributed by atoms with Crippen molar-refractivity contribution in [2.75, 3.05) is 11.9 Å². The van der Waals surface area contributed by atoms with Gasteiger partial charge in [0.15, 0.2) is 0 Å². The Morgan fingerprint density at radius 3 is 2.37 bits per heavy atom. The third kappa shape index (κ3) is 7.26. The van der Waals surface area contributed by atoms with Crippen LogP contribution in [0.15, 0.2) is 47.4 Å². The molecule has 1 atom stereocenters. The first-order chi connectivity index (χ1) is 16.6. The molecule has 0 aliphatic heterocycles. The Morgan fingerprint density at radius 1 is 1.06 bits per heavy atom. The van der Waals surface area contributed by atoms with Gasteiger partial charge in [0.25, 0.3) is 0 Å². The van der Waals surface area contributed by atoms with Gasteiger partial charge in [-0.1, -0.05) is 58.2 Å². The van der Waals surface area contributed by atoms with Gasteiger partial charge in [-0.15, -0.1) is 11.8 Å². The van der Waals surface area contributed by atoms with E-state index >= 15 is 0 Å². The second-order valence-electron chi connectivity index (χ2n) is 10.4. The quantitative estimate of drug-likeness (QED) is 0.252. The third-order valence-corrected chi connectivity index (χ3v) is 7.93. The highest BCUT2D eigenvalue weighted by Gasteiger charge is 2.32. The molecule has 5 nitrogen and oxygen atoms in total. The summed E-state index contributed by atoms with van der Waals surface area (Å²) in [6.07, 6.45) is 6.08. The molecule has 1 unspecified atom stereocenters. The topological polar surface area (TPSA) is 69.6 Å². The zero-order chi connectivity index (χ0) is 25.6. The molecule has 1 aliphatic rings. The predicted octanol–water partition coefficient (Wildman–Crippen LogP) is 7.35. The number of hydrogen-bond acceptors (Lipinski definition) is 3. The summed E-state index contributed by atoms with van der Waals surface area (Å²) in [5, 5.41) is 12.6. The maximum atomic E-state index is 13.4. The number of aliphatic carboxylic acids is 1. The van der Waals surface area contributed by atoms with E-state index in [0.717, 1.165) is 49.2 Å². The number of nitrogens with one attached hydrogen (secondary N) is 1. The Balaban J connectivity index is 1.73. The molecule has 2 amide bonds. The first-order valence-electron chi connectivity index (χ1n) is 12.8. The number of nitrogens with zero attached hydrogens (tertiary/aromatic N) is 1. The lowest BCUT2D eigenvalue weighted by Crippen LogP contribution is -2.44. The van der Waals surface area contributed by atoms with Crippen LogP contribution in [0.1, 0.15) is 82.9 Å². The van der Waals surface area contributed by atoms with Crippen LogP contribution in [0.3, 0.4) is 0 Å². The van der Waals surface area contributed by atoms with E-state index < -0.39 is 10.7 Å². The molecular weight excluding hydrogens is 456 g/mol. The van der Waals surface area contributed by atoms with Gasteiger partial charge in [-0.3, -0.25) is 4.79 Å². The van der Waals surface area contributed by atoms with Gasteiger partial charge >= 0.3 is 12.0 Å². The van der Waals surface area contributed by atoms with Crippen LogP contribution in [0.4, 0.5) is 10.5 Å². The fourth-order valence-corrected chi connectivity index (χ4v) is 5.51. The molecular formula is C29H40N2O3S. The summed E-state index contributed by atoms with van der Waals surface area (Å²) < 4.78 is -0.886. The average molecular weight is 497 g/mol. The number of anilines is 1. The molecule has 6 heteroatoms. The van der Waals surface area contributed by atoms with E-state index in [4.69, 9.17) is 0 Å². The van der Waals surface area contributed by atoms with Crippen LogP contribution < -0.4 is 5.32 Å². The van der Waals surface area contributed by atoms with Crippen molar-refractivity contribution in [2.45, 2.75) is 94.7 Å². The molecule has 0 saturated heterocycles. The molecule has 2 aromatic rings. The van der Waals surface area contributed by atoms with E-state index in [0.29, 0.717) is 5.92 Å². The minimum atomic E-state index is -0.886. The van der Waals surface area contributed by atoms with Crippen LogP contribution in [-0.4, -0.2) is 39.3 Å². The van der Waals surface area contributed by atoms with Crippen LogP contribution in [-0.2, 0) is 17.6 Å². The van der Waals surface area contributed by atoms with Crippen molar-refractivity contribution in [2.24, 2.45) is 0 Å². The van der Waals surface area contributed by atoms with Gasteiger partial charge in [-0.05, 0) is 80.0 Å². The fourth-order valence-electron chi connectivity index (χ4n) is 4.50. The van der Waals surface area contributed by atoms with E-state index in [9.17, 15) is 14.7 Å². The number of thioether (sulfide) groups is 1. The average Bonchev–Trinajstić information content (AvgIpc) is 3.21. The molecule has 0 saturated carbocycles. The van der Waals surface area contributed by atoms with Crippen molar-refractivity contribution in [1.29, 1.82) is 0 Å². The van der Waals surface area contributed by atoms with Gasteiger partial charge in [0.2, 0.25) is 0 Å². The molecule has 190 valence electrons. The standard InChI is InChI=1S/C29H40N2O3S/c1-6-7-8-9-16-31(28(34)30-24-13-10-21(11-14-24)20(2)3)25-17-22-12-15-26(19-23(22)18-25)35-29(4,5)27(32)33/h10-15,19-20,25H,6-9,16-18H2,1-5H3,(H,30,34)(H,32,33). The van der Waals surface area contributed by atoms with E-state index in [1.54, 1.807) is 13.8 Å². The minimum Gasteiger partial charge on any atom is -0.480 e. The number of benzene rings is 2. The smallest absolute Gasteiger partial charge is 0.322 e. The van der Waals surface area contributed by atoms with Crippen LogP contribution >= 0.6 is 11.8 Å². The fraction of sp³-hybridized carbons (Fsp3) is 0.517. The lowest BCUT2D eigenvalue weighted by molar-refractivity contribution is -0.138. The largest absolute Gasteiger partial charge is 0.480 e. The normalized spacial score (nSPS) is 15.2. The second kappa shape index (κ2) is 12.0. The van der Waals surface area contributed by atoms with Crippen LogP contribution in [0.2, 0.25) is 0 Å². The summed E-state index contributed by atoms with van der Waals surface area (Å²) in [4.78, 5) is 27.9. The maximum absolute atomic E-state index is 13.4. The molecule has 0 radical (unpaired) electrons. The Labute approximate surface area is 214 Å². The monoisotopic (exact) mass is 496 g/mol. The van der Waals surface area contributed by atoms with Gasteiger partial charge in [0.1, 0.15) is 4.75 Å². The molecule has 3 rings (SSSR count). The number of hydrogen-bond donors (Lipinski definition) is 2. The number of carboxylic acid groups (broad SMARTS) is 1. The number of rotatable bonds is 11. The van der Waals surface area contributed by atoms with E-state index in [1.165, 1.54) is 34.9 Å². The van der Waals surface area contributed by atoms with Gasteiger partial charge in [-0.25, -0.2) is 4.79 Å². The molecule has 35 heavy (non-hydrogen) atoms. The van der Waals surface area contributed by atoms with E-state index in [1.807, 2.05) is 23.1 Å². The highest BCUT2D eigenvalue weighted by molar-refractivity contribution is 8.01. The number of carboxylic acids is 1. The summed E-state index contributed by atoms with van der Waals surface area (Å²) in [5.41, 5.74) is 4.54. The van der Waals surface area contributed by atoms with Gasteiger partial charge < -0.3 is 15.3 Å². The summed E-state index contributed by atoms with van der Waals surface area (Å²) >= 11 is 1.37. The summed E-state index contributed by atoms with van der Waals surface area (Å²) in [5.74, 6) is -0.367. The summed E-state index contributed by atoms with van der Waals surface area (Å²) in [6.45, 7) is 10.7. The first-order valence-corrected chi connectivity index (χ1v) is 13.6. The zero-order valence-corrected chi connectivity index (χ0v) is 22.6. The predicted molar refractivity (Wildman–Crippen MR) is 146 cm³/mol. The lowest BCUT2D eigenvalue weighted by Gasteiger charge is -2.29. The summed E-state index contributed by atoms with van der Waals surface area (Å²) in [7, 11) is 0. The van der Waals surface area contributed by atoms with Crippen molar-refractivity contribution < 1.29 is 14.7 Å². The summed E-state index contributed by atoms with van der Waals surface area (Å²) in [6, 6.07) is 14.4. The molecule has 0 heterocycles. The maximum Gasteiger partial charge on any atom is 0.322 e. The SMILES string of the molecule is CCCCCCN(C(=O)Nc1ccc(C(C)C)cc1)C1Cc2ccc(SC(C)(C)C(=O)O)cc2C1. The second-order valence-corrected chi connectivity index (χ2v) is 12.1. The minimum absolute atomic E-state index is 0.0433. The van der Waals surface area contributed by atoms with Crippen LogP contribution in [0.25, 0.3) is 0 Å². The number of unbranched alkanes of at least 4 members (excludes halogenated alkanes) is 3. The molecule has 2 aromatic carbocycles. The molecule has 2 N–H and O–H groups in total. The molecule has 0 fully saturated rings. The molecule has 1 aliphatic carbocycles.